The van der Waals surface area contributed by atoms with E-state index in [2.05, 4.69) is 31.4 Å². The molecule has 0 saturated heterocycles. The van der Waals surface area contributed by atoms with Crippen LogP contribution in [-0.4, -0.2) is 32.0 Å². The van der Waals surface area contributed by atoms with Crippen LogP contribution in [-0.2, 0) is 13.0 Å². The Bertz CT molecular complexity index is 1510. The second-order valence-electron chi connectivity index (χ2n) is 9.44. The molecule has 36 heavy (non-hydrogen) atoms. The van der Waals surface area contributed by atoms with Crippen LogP contribution in [0.3, 0.4) is 0 Å². The first kappa shape index (κ1) is 22.3. The average molecular weight is 487 g/mol. The molecular weight excluding hydrogens is 462 g/mol. The van der Waals surface area contributed by atoms with E-state index in [1.165, 1.54) is 25.0 Å². The number of aryl methyl sites for hydroxylation is 2. The van der Waals surface area contributed by atoms with E-state index in [9.17, 15) is 13.6 Å². The van der Waals surface area contributed by atoms with Gasteiger partial charge in [0.05, 0.1) is 12.2 Å². The predicted octanol–water partition coefficient (Wildman–Crippen LogP) is 5.31. The molecule has 0 spiro atoms. The largest absolute Gasteiger partial charge is 0.346 e. The van der Waals surface area contributed by atoms with E-state index >= 15 is 0 Å². The third kappa shape index (κ3) is 4.00. The van der Waals surface area contributed by atoms with E-state index in [0.29, 0.717) is 23.2 Å². The Morgan fingerprint density at radius 2 is 1.89 bits per heavy atom. The van der Waals surface area contributed by atoms with Crippen LogP contribution in [0.4, 0.5) is 20.3 Å². The highest BCUT2D eigenvalue weighted by Gasteiger charge is 2.40. The maximum atomic E-state index is 14.4. The van der Waals surface area contributed by atoms with Crippen molar-refractivity contribution < 1.29 is 13.6 Å². The zero-order chi connectivity index (χ0) is 25.0. The van der Waals surface area contributed by atoms with Crippen molar-refractivity contribution in [2.45, 2.75) is 31.6 Å². The molecule has 0 bridgehead atoms. The summed E-state index contributed by atoms with van der Waals surface area (Å²) in [6, 6.07) is 12.0. The number of nitrogens with one attached hydrogen (secondary N) is 2. The molecule has 1 amide bonds. The highest BCUT2D eigenvalue weighted by Crippen LogP contribution is 2.40. The van der Waals surface area contributed by atoms with Crippen LogP contribution in [0.5, 0.6) is 0 Å². The van der Waals surface area contributed by atoms with Gasteiger partial charge in [-0.1, -0.05) is 12.1 Å². The molecule has 6 rings (SSSR count). The number of alkyl halides is 2. The zero-order valence-electron chi connectivity index (χ0n) is 19.8. The van der Waals surface area contributed by atoms with Crippen molar-refractivity contribution in [3.05, 3.63) is 77.4 Å². The van der Waals surface area contributed by atoms with Crippen LogP contribution in [0.1, 0.15) is 46.1 Å². The summed E-state index contributed by atoms with van der Waals surface area (Å²) in [6.07, 6.45) is 6.10. The fourth-order valence-corrected chi connectivity index (χ4v) is 4.64. The van der Waals surface area contributed by atoms with Gasteiger partial charge in [0.15, 0.2) is 5.82 Å². The monoisotopic (exact) mass is 486 g/mol. The zero-order valence-corrected chi connectivity index (χ0v) is 19.8. The molecule has 0 unspecified atom stereocenters. The minimum Gasteiger partial charge on any atom is -0.346 e. The fraction of sp³-hybridized carbons (Fsp3) is 0.259. The Morgan fingerprint density at radius 1 is 1.08 bits per heavy atom. The highest BCUT2D eigenvalue weighted by molar-refractivity contribution is 5.97. The first-order valence-electron chi connectivity index (χ1n) is 11.8. The highest BCUT2D eigenvalue weighted by atomic mass is 19.3. The number of halogens is 2. The van der Waals surface area contributed by atoms with Gasteiger partial charge in [-0.25, -0.2) is 15.0 Å². The minimum atomic E-state index is -3.13. The Labute approximate surface area is 206 Å². The third-order valence-corrected chi connectivity index (χ3v) is 6.67. The molecule has 4 aromatic rings. The molecular formula is C27H24F2N6O. The predicted molar refractivity (Wildman–Crippen MR) is 132 cm³/mol. The lowest BCUT2D eigenvalue weighted by molar-refractivity contribution is -0.00832. The summed E-state index contributed by atoms with van der Waals surface area (Å²) >= 11 is 0. The van der Waals surface area contributed by atoms with Gasteiger partial charge in [-0.2, -0.15) is 8.78 Å². The summed E-state index contributed by atoms with van der Waals surface area (Å²) in [4.78, 5) is 25.8. The van der Waals surface area contributed by atoms with Crippen LogP contribution in [0.2, 0.25) is 0 Å². The smallest absolute Gasteiger partial charge is 0.291 e. The molecule has 3 heterocycles. The maximum absolute atomic E-state index is 14.4. The number of rotatable bonds is 5. The average Bonchev–Trinajstić information content (AvgIpc) is 3.63. The molecule has 182 valence electrons. The number of fused-ring (bicyclic) bond motifs is 1. The number of imidazole rings is 1. The summed E-state index contributed by atoms with van der Waals surface area (Å²) in [5.74, 6) is -0.952. The SMILES string of the molecule is Cc1cc(-c2nccc(Nc3ccc4c(c3)C(F)(F)CNC4=O)n2)ccc1-c1cn(C)c(C2CC2)n1. The Kier molecular flexibility index (Phi) is 5.10. The second kappa shape index (κ2) is 8.22. The van der Waals surface area contributed by atoms with Gasteiger partial charge in [0.25, 0.3) is 11.8 Å². The quantitative estimate of drug-likeness (QED) is 0.400. The Hall–Kier alpha value is -4.14. The number of hydrogen-bond donors (Lipinski definition) is 2. The lowest BCUT2D eigenvalue weighted by Gasteiger charge is -2.26. The summed E-state index contributed by atoms with van der Waals surface area (Å²) in [5.41, 5.74) is 4.02. The molecule has 2 N–H and O–H groups in total. The van der Waals surface area contributed by atoms with Gasteiger partial charge in [0.1, 0.15) is 11.6 Å². The molecule has 0 atom stereocenters. The van der Waals surface area contributed by atoms with Gasteiger partial charge in [-0.15, -0.1) is 0 Å². The molecule has 1 saturated carbocycles. The molecule has 2 aromatic heterocycles. The second-order valence-corrected chi connectivity index (χ2v) is 9.44. The lowest BCUT2D eigenvalue weighted by Crippen LogP contribution is -2.41. The summed E-state index contributed by atoms with van der Waals surface area (Å²) < 4.78 is 30.8. The van der Waals surface area contributed by atoms with Gasteiger partial charge < -0.3 is 15.2 Å². The molecule has 2 aliphatic rings. The Morgan fingerprint density at radius 3 is 2.67 bits per heavy atom. The lowest BCUT2D eigenvalue weighted by atomic mass is 9.96. The number of carbonyl (C=O) groups excluding carboxylic acids is 1. The summed E-state index contributed by atoms with van der Waals surface area (Å²) in [7, 11) is 2.04. The van der Waals surface area contributed by atoms with E-state index in [4.69, 9.17) is 4.98 Å². The molecule has 1 aliphatic heterocycles. The molecule has 0 radical (unpaired) electrons. The van der Waals surface area contributed by atoms with Crippen LogP contribution < -0.4 is 10.6 Å². The van der Waals surface area contributed by atoms with Crippen LogP contribution in [0.25, 0.3) is 22.6 Å². The number of benzene rings is 2. The van der Waals surface area contributed by atoms with Crippen molar-refractivity contribution in [1.82, 2.24) is 24.8 Å². The van der Waals surface area contributed by atoms with Gasteiger partial charge in [-0.05, 0) is 55.7 Å². The molecule has 1 aliphatic carbocycles. The molecule has 7 nitrogen and oxygen atoms in total. The minimum absolute atomic E-state index is 0.0205. The van der Waals surface area contributed by atoms with Gasteiger partial charge in [0.2, 0.25) is 0 Å². The van der Waals surface area contributed by atoms with Crippen molar-refractivity contribution in [3.63, 3.8) is 0 Å². The van der Waals surface area contributed by atoms with Gasteiger partial charge >= 0.3 is 0 Å². The first-order chi connectivity index (χ1) is 17.3. The van der Waals surface area contributed by atoms with Crippen molar-refractivity contribution in [1.29, 1.82) is 0 Å². The van der Waals surface area contributed by atoms with E-state index < -0.39 is 18.4 Å². The van der Waals surface area contributed by atoms with Crippen LogP contribution >= 0.6 is 0 Å². The van der Waals surface area contributed by atoms with E-state index in [1.54, 1.807) is 18.3 Å². The van der Waals surface area contributed by atoms with Crippen LogP contribution in [0.15, 0.2) is 54.9 Å². The van der Waals surface area contributed by atoms with Crippen molar-refractivity contribution in [3.8, 4) is 22.6 Å². The van der Waals surface area contributed by atoms with E-state index in [-0.39, 0.29) is 11.1 Å². The van der Waals surface area contributed by atoms with E-state index in [1.807, 2.05) is 32.2 Å². The third-order valence-electron chi connectivity index (χ3n) is 6.67. The topological polar surface area (TPSA) is 84.7 Å². The first-order valence-corrected chi connectivity index (χ1v) is 11.8. The molecule has 9 heteroatoms. The van der Waals surface area contributed by atoms with Gasteiger partial charge in [-0.3, -0.25) is 4.79 Å². The number of nitrogens with zero attached hydrogens (tertiary/aromatic N) is 4. The molecule has 1 fully saturated rings. The number of aromatic nitrogens is 4. The summed E-state index contributed by atoms with van der Waals surface area (Å²) in [5, 5.41) is 5.28. The van der Waals surface area contributed by atoms with Crippen molar-refractivity contribution >= 4 is 17.4 Å². The maximum Gasteiger partial charge on any atom is 0.291 e. The van der Waals surface area contributed by atoms with Crippen LogP contribution in [0, 0.1) is 6.92 Å². The number of amides is 1. The number of hydrogen-bond acceptors (Lipinski definition) is 5. The normalized spacial score (nSPS) is 16.4. The van der Waals surface area contributed by atoms with Gasteiger partial charge in [0, 0.05) is 53.3 Å². The van der Waals surface area contributed by atoms with E-state index in [0.717, 1.165) is 28.2 Å². The number of carbonyl (C=O) groups is 1. The van der Waals surface area contributed by atoms with Crippen molar-refractivity contribution in [2.75, 3.05) is 11.9 Å². The standard InChI is InChI=1S/C27H24F2N6O/c1-15-11-17(5-7-19(15)22-13-35(2)25(33-22)16-3-4-16)24-30-10-9-23(34-24)32-18-6-8-20-21(12-18)27(28,29)14-31-26(20)36/h5-13,16H,3-4,14H2,1-2H3,(H,31,36)(H,30,32,34). The molecule has 2 aromatic carbocycles. The fourth-order valence-electron chi connectivity index (χ4n) is 4.64. The number of anilines is 2. The Balaban J connectivity index is 1.26. The van der Waals surface area contributed by atoms with Crippen molar-refractivity contribution in [2.24, 2.45) is 7.05 Å². The summed E-state index contributed by atoms with van der Waals surface area (Å²) in [6.45, 7) is 1.32.